The molecule has 0 aliphatic heterocycles. The fraction of sp³-hybridized carbons (Fsp3) is 0.100. The second-order valence-electron chi connectivity index (χ2n) is 3.34. The molecular formula is C10H10N4O2S. The number of aromatic amines is 1. The van der Waals surface area contributed by atoms with Crippen LogP contribution >= 0.6 is 11.8 Å². The van der Waals surface area contributed by atoms with Gasteiger partial charge in [0.2, 0.25) is 0 Å². The maximum atomic E-state index is 11.2. The maximum absolute atomic E-state index is 11.2. The van der Waals surface area contributed by atoms with Gasteiger partial charge in [-0.25, -0.2) is 0 Å². The summed E-state index contributed by atoms with van der Waals surface area (Å²) in [5, 5.41) is 2.75. The van der Waals surface area contributed by atoms with Crippen LogP contribution in [0.25, 0.3) is 0 Å². The maximum Gasteiger partial charge on any atom is 0.339 e. The zero-order chi connectivity index (χ0) is 12.4. The van der Waals surface area contributed by atoms with E-state index in [4.69, 9.17) is 5.73 Å². The van der Waals surface area contributed by atoms with Crippen LogP contribution in [0, 0.1) is 0 Å². The van der Waals surface area contributed by atoms with Gasteiger partial charge in [0.25, 0.3) is 0 Å². The average molecular weight is 250 g/mol. The van der Waals surface area contributed by atoms with Crippen molar-refractivity contribution in [3.05, 3.63) is 45.0 Å². The lowest BCUT2D eigenvalue weighted by Crippen LogP contribution is -2.33. The molecule has 0 amide bonds. The zero-order valence-corrected chi connectivity index (χ0v) is 9.82. The van der Waals surface area contributed by atoms with E-state index in [1.54, 1.807) is 13.1 Å². The first-order chi connectivity index (χ1) is 8.08. The summed E-state index contributed by atoms with van der Waals surface area (Å²) in [7, 11) is 1.61. The number of hydrogen-bond donors (Lipinski definition) is 2. The number of nitrogens with two attached hydrogens (primary N) is 1. The van der Waals surface area contributed by atoms with Gasteiger partial charge in [-0.1, -0.05) is 12.1 Å². The summed E-state index contributed by atoms with van der Waals surface area (Å²) in [5.41, 5.74) is 4.83. The highest BCUT2D eigenvalue weighted by atomic mass is 32.2. The minimum Gasteiger partial charge on any atom is -0.398 e. The number of anilines is 1. The van der Waals surface area contributed by atoms with E-state index >= 15 is 0 Å². The van der Waals surface area contributed by atoms with Crippen molar-refractivity contribution in [3.8, 4) is 0 Å². The predicted octanol–water partition coefficient (Wildman–Crippen LogP) is 0.202. The Morgan fingerprint density at radius 1 is 1.35 bits per heavy atom. The van der Waals surface area contributed by atoms with E-state index < -0.39 is 11.1 Å². The van der Waals surface area contributed by atoms with Crippen LogP contribution in [-0.4, -0.2) is 14.8 Å². The highest BCUT2D eigenvalue weighted by Crippen LogP contribution is 2.28. The topological polar surface area (TPSA) is 93.8 Å². The first-order valence-corrected chi connectivity index (χ1v) is 5.59. The van der Waals surface area contributed by atoms with Gasteiger partial charge < -0.3 is 5.73 Å². The monoisotopic (exact) mass is 250 g/mol. The van der Waals surface area contributed by atoms with E-state index in [0.717, 1.165) is 4.90 Å². The predicted molar refractivity (Wildman–Crippen MR) is 65.1 cm³/mol. The molecule has 0 radical (unpaired) electrons. The molecule has 7 heteroatoms. The van der Waals surface area contributed by atoms with Crippen molar-refractivity contribution in [2.45, 2.75) is 10.1 Å². The number of aryl methyl sites for hydroxylation is 1. The van der Waals surface area contributed by atoms with E-state index in [2.05, 4.69) is 10.1 Å². The lowest BCUT2D eigenvalue weighted by Gasteiger charge is -2.07. The minimum absolute atomic E-state index is 0.382. The van der Waals surface area contributed by atoms with Crippen LogP contribution in [0.3, 0.4) is 0 Å². The summed E-state index contributed by atoms with van der Waals surface area (Å²) in [4.78, 5) is 26.6. The van der Waals surface area contributed by atoms with Crippen molar-refractivity contribution in [2.24, 2.45) is 7.05 Å². The molecule has 1 aromatic carbocycles. The minimum atomic E-state index is -0.805. The van der Waals surface area contributed by atoms with Gasteiger partial charge in [0.1, 0.15) is 0 Å². The number of nitrogens with one attached hydrogen (secondary N) is 1. The summed E-state index contributed by atoms with van der Waals surface area (Å²) in [6.45, 7) is 0. The molecule has 88 valence electrons. The third-order valence-electron chi connectivity index (χ3n) is 2.07. The molecule has 0 saturated carbocycles. The molecule has 0 saturated heterocycles. The van der Waals surface area contributed by atoms with E-state index in [1.807, 2.05) is 18.2 Å². The Balaban J connectivity index is 2.44. The van der Waals surface area contributed by atoms with Gasteiger partial charge in [0.15, 0.2) is 5.16 Å². The molecule has 2 rings (SSSR count). The normalized spacial score (nSPS) is 10.4. The van der Waals surface area contributed by atoms with Gasteiger partial charge in [0, 0.05) is 17.6 Å². The van der Waals surface area contributed by atoms with Gasteiger partial charge in [0.05, 0.1) is 0 Å². The Morgan fingerprint density at radius 3 is 2.76 bits per heavy atom. The number of rotatable bonds is 2. The lowest BCUT2D eigenvalue weighted by molar-refractivity contribution is 0.596. The molecule has 0 aliphatic rings. The van der Waals surface area contributed by atoms with E-state index in [0.29, 0.717) is 10.8 Å². The van der Waals surface area contributed by atoms with Crippen LogP contribution < -0.4 is 16.9 Å². The molecule has 1 aromatic heterocycles. The molecule has 0 unspecified atom stereocenters. The molecule has 2 aromatic rings. The lowest BCUT2D eigenvalue weighted by atomic mass is 10.3. The molecule has 0 aliphatic carbocycles. The van der Waals surface area contributed by atoms with Crippen LogP contribution in [0.4, 0.5) is 5.69 Å². The van der Waals surface area contributed by atoms with Crippen LogP contribution in [0.2, 0.25) is 0 Å². The molecule has 1 heterocycles. The third-order valence-corrected chi connectivity index (χ3v) is 3.21. The van der Waals surface area contributed by atoms with Crippen molar-refractivity contribution in [1.82, 2.24) is 14.8 Å². The molecule has 0 fully saturated rings. The first kappa shape index (κ1) is 11.5. The number of aromatic nitrogens is 3. The SMILES string of the molecule is Cn1[nH]c(=O)c(=O)nc1Sc1ccccc1N. The van der Waals surface area contributed by atoms with Gasteiger partial charge in [-0.3, -0.25) is 19.4 Å². The fourth-order valence-electron chi connectivity index (χ4n) is 1.22. The number of H-pyrrole nitrogens is 1. The molecule has 0 bridgehead atoms. The van der Waals surface area contributed by atoms with Crippen LogP contribution in [0.15, 0.2) is 43.9 Å². The smallest absolute Gasteiger partial charge is 0.339 e. The van der Waals surface area contributed by atoms with Gasteiger partial charge in [-0.05, 0) is 23.9 Å². The average Bonchev–Trinajstić information content (AvgIpc) is 2.29. The fourth-order valence-corrected chi connectivity index (χ4v) is 2.06. The number of para-hydroxylation sites is 1. The van der Waals surface area contributed by atoms with Crippen molar-refractivity contribution in [2.75, 3.05) is 5.73 Å². The molecular weight excluding hydrogens is 240 g/mol. The van der Waals surface area contributed by atoms with Crippen molar-refractivity contribution < 1.29 is 0 Å². The molecule has 6 nitrogen and oxygen atoms in total. The number of nitrogens with zero attached hydrogens (tertiary/aromatic N) is 2. The van der Waals surface area contributed by atoms with Crippen molar-refractivity contribution >= 4 is 17.4 Å². The highest BCUT2D eigenvalue weighted by Gasteiger charge is 2.07. The largest absolute Gasteiger partial charge is 0.398 e. The molecule has 17 heavy (non-hydrogen) atoms. The Labute approximate surface area is 100 Å². The third kappa shape index (κ3) is 2.39. The summed E-state index contributed by atoms with van der Waals surface area (Å²) in [6.07, 6.45) is 0. The summed E-state index contributed by atoms with van der Waals surface area (Å²) >= 11 is 1.22. The quantitative estimate of drug-likeness (QED) is 0.586. The molecule has 0 atom stereocenters. The Morgan fingerprint density at radius 2 is 2.06 bits per heavy atom. The summed E-state index contributed by atoms with van der Waals surface area (Å²) in [5.74, 6) is 0. The Kier molecular flexibility index (Phi) is 3.01. The van der Waals surface area contributed by atoms with Crippen LogP contribution in [0.5, 0.6) is 0 Å². The number of nitrogen functional groups attached to an aromatic ring is 1. The Hall–Kier alpha value is -2.02. The van der Waals surface area contributed by atoms with Crippen molar-refractivity contribution in [1.29, 1.82) is 0 Å². The second-order valence-corrected chi connectivity index (χ2v) is 4.35. The highest BCUT2D eigenvalue weighted by molar-refractivity contribution is 7.99. The van der Waals surface area contributed by atoms with Gasteiger partial charge in [-0.15, -0.1) is 0 Å². The van der Waals surface area contributed by atoms with E-state index in [1.165, 1.54) is 16.4 Å². The van der Waals surface area contributed by atoms with Gasteiger partial charge in [-0.2, -0.15) is 4.98 Å². The summed E-state index contributed by atoms with van der Waals surface area (Å²) in [6, 6.07) is 7.23. The molecule has 3 N–H and O–H groups in total. The van der Waals surface area contributed by atoms with Crippen LogP contribution in [0.1, 0.15) is 0 Å². The standard InChI is InChI=1S/C10H10N4O2S/c1-14-10(12-8(15)9(16)13-14)17-7-5-3-2-4-6(7)11/h2-5H,11H2,1H3,(H,13,16). The summed E-state index contributed by atoms with van der Waals surface area (Å²) < 4.78 is 1.39. The Bertz CT molecular complexity index is 662. The zero-order valence-electron chi connectivity index (χ0n) is 9.01. The van der Waals surface area contributed by atoms with E-state index in [9.17, 15) is 9.59 Å². The number of hydrogen-bond acceptors (Lipinski definition) is 5. The second kappa shape index (κ2) is 4.46. The molecule has 0 spiro atoms. The van der Waals surface area contributed by atoms with Crippen LogP contribution in [-0.2, 0) is 7.05 Å². The van der Waals surface area contributed by atoms with Gasteiger partial charge >= 0.3 is 11.1 Å². The van der Waals surface area contributed by atoms with Crippen molar-refractivity contribution in [3.63, 3.8) is 0 Å². The first-order valence-electron chi connectivity index (χ1n) is 4.77. The number of benzene rings is 1. The van der Waals surface area contributed by atoms with E-state index in [-0.39, 0.29) is 0 Å².